The Bertz CT molecular complexity index is 1130. The summed E-state index contributed by atoms with van der Waals surface area (Å²) in [6.45, 7) is 2.04. The number of carbonyl (C=O) groups excluding carboxylic acids is 1. The van der Waals surface area contributed by atoms with Gasteiger partial charge in [0.25, 0.3) is 0 Å². The smallest absolute Gasteiger partial charge is 0.231 e. The quantitative estimate of drug-likeness (QED) is 0.409. The average Bonchev–Trinajstić information content (AvgIpc) is 3.43. The fourth-order valence-corrected chi connectivity index (χ4v) is 4.59. The van der Waals surface area contributed by atoms with Gasteiger partial charge in [0.1, 0.15) is 0 Å². The van der Waals surface area contributed by atoms with E-state index in [1.807, 2.05) is 48.7 Å². The number of thiophene rings is 1. The minimum Gasteiger partial charge on any atom is -0.344 e. The van der Waals surface area contributed by atoms with Crippen molar-refractivity contribution in [1.29, 1.82) is 0 Å². The highest BCUT2D eigenvalue weighted by Crippen LogP contribution is 2.27. The molecule has 0 aliphatic rings. The van der Waals surface area contributed by atoms with Crippen LogP contribution in [-0.4, -0.2) is 31.9 Å². The van der Waals surface area contributed by atoms with Crippen LogP contribution in [0.3, 0.4) is 0 Å². The molecule has 0 saturated heterocycles. The SMILES string of the molecule is Cc1ccc([C@@H](NC(=O)CSc2nnnn2-c2cccc(Cl)c2)c2cccs2)cc1. The van der Waals surface area contributed by atoms with Gasteiger partial charge in [-0.05, 0) is 52.6 Å². The zero-order valence-electron chi connectivity index (χ0n) is 16.0. The lowest BCUT2D eigenvalue weighted by atomic mass is 10.0. The number of nitrogens with one attached hydrogen (secondary N) is 1. The molecule has 1 amide bonds. The Morgan fingerprint density at radius 2 is 2.03 bits per heavy atom. The van der Waals surface area contributed by atoms with Crippen molar-refractivity contribution in [3.8, 4) is 5.69 Å². The number of hydrogen-bond donors (Lipinski definition) is 1. The maximum atomic E-state index is 12.8. The van der Waals surface area contributed by atoms with Crippen molar-refractivity contribution in [2.45, 2.75) is 18.1 Å². The summed E-state index contributed by atoms with van der Waals surface area (Å²) < 4.78 is 1.57. The fourth-order valence-electron chi connectivity index (χ4n) is 2.90. The molecule has 0 fully saturated rings. The van der Waals surface area contributed by atoms with Crippen LogP contribution in [0.5, 0.6) is 0 Å². The molecule has 4 rings (SSSR count). The first-order chi connectivity index (χ1) is 14.6. The third-order valence-corrected chi connectivity index (χ3v) is 6.46. The van der Waals surface area contributed by atoms with Crippen LogP contribution in [-0.2, 0) is 4.79 Å². The number of hydrogen-bond acceptors (Lipinski definition) is 6. The summed E-state index contributed by atoms with van der Waals surface area (Å²) in [4.78, 5) is 13.8. The van der Waals surface area contributed by atoms with Gasteiger partial charge in [-0.15, -0.1) is 16.4 Å². The van der Waals surface area contributed by atoms with E-state index < -0.39 is 0 Å². The zero-order chi connectivity index (χ0) is 20.9. The molecular formula is C21H18ClN5OS2. The number of nitrogens with zero attached hydrogens (tertiary/aromatic N) is 4. The first kappa shape index (κ1) is 20.6. The van der Waals surface area contributed by atoms with Crippen LogP contribution in [0.25, 0.3) is 5.69 Å². The molecule has 4 aromatic rings. The van der Waals surface area contributed by atoms with Crippen LogP contribution in [0.15, 0.2) is 71.2 Å². The van der Waals surface area contributed by atoms with Crippen LogP contribution in [0.1, 0.15) is 22.0 Å². The van der Waals surface area contributed by atoms with Gasteiger partial charge in [-0.3, -0.25) is 4.79 Å². The number of tetrazole rings is 1. The van der Waals surface area contributed by atoms with Crippen molar-refractivity contribution in [2.24, 2.45) is 0 Å². The minimum absolute atomic E-state index is 0.0976. The van der Waals surface area contributed by atoms with Crippen molar-refractivity contribution in [1.82, 2.24) is 25.5 Å². The van der Waals surface area contributed by atoms with Crippen molar-refractivity contribution in [3.05, 3.63) is 87.1 Å². The molecular weight excluding hydrogens is 438 g/mol. The van der Waals surface area contributed by atoms with Gasteiger partial charge in [-0.1, -0.05) is 65.3 Å². The second-order valence-corrected chi connectivity index (χ2v) is 8.93. The number of thioether (sulfide) groups is 1. The van der Waals surface area contributed by atoms with Crippen LogP contribution >= 0.6 is 34.7 Å². The van der Waals surface area contributed by atoms with Crippen molar-refractivity contribution < 1.29 is 4.79 Å². The number of aromatic nitrogens is 4. The summed E-state index contributed by atoms with van der Waals surface area (Å²) in [6, 6.07) is 19.3. The largest absolute Gasteiger partial charge is 0.344 e. The fraction of sp³-hybridized carbons (Fsp3) is 0.143. The highest BCUT2D eigenvalue weighted by Gasteiger charge is 2.19. The molecule has 0 radical (unpaired) electrons. The average molecular weight is 456 g/mol. The minimum atomic E-state index is -0.192. The summed E-state index contributed by atoms with van der Waals surface area (Å²) >= 11 is 8.96. The Hall–Kier alpha value is -2.68. The van der Waals surface area contributed by atoms with E-state index in [9.17, 15) is 4.79 Å². The van der Waals surface area contributed by atoms with E-state index in [0.29, 0.717) is 10.2 Å². The van der Waals surface area contributed by atoms with Crippen LogP contribution in [0.2, 0.25) is 5.02 Å². The summed E-state index contributed by atoms with van der Waals surface area (Å²) in [6.07, 6.45) is 0. The number of rotatable bonds is 7. The lowest BCUT2D eigenvalue weighted by Gasteiger charge is -2.18. The van der Waals surface area contributed by atoms with Crippen LogP contribution in [0, 0.1) is 6.92 Å². The summed E-state index contributed by atoms with van der Waals surface area (Å²) in [5.74, 6) is 0.0916. The topological polar surface area (TPSA) is 72.7 Å². The van der Waals surface area contributed by atoms with Gasteiger partial charge in [-0.25, -0.2) is 0 Å². The van der Waals surface area contributed by atoms with Crippen molar-refractivity contribution in [2.75, 3.05) is 5.75 Å². The monoisotopic (exact) mass is 455 g/mol. The van der Waals surface area contributed by atoms with Gasteiger partial charge in [-0.2, -0.15) is 4.68 Å². The van der Waals surface area contributed by atoms with Gasteiger partial charge >= 0.3 is 0 Å². The van der Waals surface area contributed by atoms with Gasteiger partial charge in [0.05, 0.1) is 17.5 Å². The molecule has 0 unspecified atom stereocenters. The normalized spacial score (nSPS) is 11.9. The van der Waals surface area contributed by atoms with Crippen molar-refractivity contribution >= 4 is 40.6 Å². The third kappa shape index (κ3) is 4.89. The van der Waals surface area contributed by atoms with E-state index >= 15 is 0 Å². The Labute approximate surface area is 187 Å². The number of aryl methyl sites for hydroxylation is 1. The molecule has 2 aromatic carbocycles. The van der Waals surface area contributed by atoms with E-state index in [0.717, 1.165) is 16.1 Å². The molecule has 152 valence electrons. The third-order valence-electron chi connectivity index (χ3n) is 4.37. The molecule has 1 N–H and O–H groups in total. The van der Waals surface area contributed by atoms with E-state index in [4.69, 9.17) is 11.6 Å². The van der Waals surface area contributed by atoms with E-state index in [-0.39, 0.29) is 17.7 Å². The molecule has 0 saturated carbocycles. The number of halogens is 1. The maximum Gasteiger partial charge on any atom is 0.231 e. The molecule has 0 aliphatic heterocycles. The lowest BCUT2D eigenvalue weighted by molar-refractivity contribution is -0.119. The van der Waals surface area contributed by atoms with Crippen LogP contribution in [0.4, 0.5) is 0 Å². The molecule has 2 aromatic heterocycles. The highest BCUT2D eigenvalue weighted by atomic mass is 35.5. The molecule has 6 nitrogen and oxygen atoms in total. The van der Waals surface area contributed by atoms with Gasteiger partial charge < -0.3 is 5.32 Å². The standard InChI is InChI=1S/C21H18ClN5OS2/c1-14-7-9-15(10-8-14)20(18-6-3-11-29-18)23-19(28)13-30-21-24-25-26-27(21)17-5-2-4-16(22)12-17/h2-12,20H,13H2,1H3,(H,23,28)/t20-/m1/s1. The molecule has 30 heavy (non-hydrogen) atoms. The molecule has 2 heterocycles. The number of amides is 1. The number of carbonyl (C=O) groups is 1. The maximum absolute atomic E-state index is 12.8. The van der Waals surface area contributed by atoms with Gasteiger partial charge in [0.2, 0.25) is 11.1 Å². The second kappa shape index (κ2) is 9.42. The van der Waals surface area contributed by atoms with Gasteiger partial charge in [0.15, 0.2) is 0 Å². The molecule has 1 atom stereocenters. The van der Waals surface area contributed by atoms with Gasteiger partial charge in [0, 0.05) is 9.90 Å². The Kier molecular flexibility index (Phi) is 6.47. The van der Waals surface area contributed by atoms with E-state index in [1.54, 1.807) is 28.2 Å². The van der Waals surface area contributed by atoms with Crippen LogP contribution < -0.4 is 5.32 Å². The first-order valence-electron chi connectivity index (χ1n) is 9.16. The Morgan fingerprint density at radius 1 is 1.20 bits per heavy atom. The Morgan fingerprint density at radius 3 is 2.77 bits per heavy atom. The highest BCUT2D eigenvalue weighted by molar-refractivity contribution is 7.99. The van der Waals surface area contributed by atoms with E-state index in [1.165, 1.54) is 17.3 Å². The second-order valence-electron chi connectivity index (χ2n) is 6.57. The predicted octanol–water partition coefficient (Wildman–Crippen LogP) is 4.68. The Balaban J connectivity index is 1.46. The molecule has 0 spiro atoms. The summed E-state index contributed by atoms with van der Waals surface area (Å²) in [7, 11) is 0. The summed E-state index contributed by atoms with van der Waals surface area (Å²) in [5.41, 5.74) is 2.97. The molecule has 0 bridgehead atoms. The molecule has 9 heteroatoms. The number of benzene rings is 2. The predicted molar refractivity (Wildman–Crippen MR) is 120 cm³/mol. The molecule has 0 aliphatic carbocycles. The first-order valence-corrected chi connectivity index (χ1v) is 11.4. The van der Waals surface area contributed by atoms with E-state index in [2.05, 4.69) is 33.0 Å². The van der Waals surface area contributed by atoms with Crippen molar-refractivity contribution in [3.63, 3.8) is 0 Å². The zero-order valence-corrected chi connectivity index (χ0v) is 18.4. The summed E-state index contributed by atoms with van der Waals surface area (Å²) in [5, 5.41) is 18.0. The lowest BCUT2D eigenvalue weighted by Crippen LogP contribution is -2.30.